The molecule has 72 valence electrons. The van der Waals surface area contributed by atoms with Gasteiger partial charge in [-0.1, -0.05) is 23.3 Å². The van der Waals surface area contributed by atoms with E-state index in [9.17, 15) is 4.79 Å². The number of hydrogen-bond donors (Lipinski definition) is 1. The molecule has 1 rings (SSSR count). The van der Waals surface area contributed by atoms with Crippen molar-refractivity contribution in [2.45, 2.75) is 0 Å². The van der Waals surface area contributed by atoms with E-state index in [1.807, 2.05) is 6.07 Å². The van der Waals surface area contributed by atoms with Crippen LogP contribution >= 0.6 is 0 Å². The highest BCUT2D eigenvalue weighted by Crippen LogP contribution is 2.05. The number of anilines is 1. The number of carbonyl (C=O) groups excluding carboxylic acids is 1. The molecule has 0 heterocycles. The van der Waals surface area contributed by atoms with Gasteiger partial charge in [-0.3, -0.25) is 4.84 Å². The maximum Gasteiger partial charge on any atom is 0.360 e. The molecule has 0 bridgehead atoms. The molecular formula is C9H9N3O2. The molecule has 5 heteroatoms. The summed E-state index contributed by atoms with van der Waals surface area (Å²) in [6.07, 6.45) is 1.57. The van der Waals surface area contributed by atoms with Crippen molar-refractivity contribution in [3.63, 3.8) is 0 Å². The van der Waals surface area contributed by atoms with Gasteiger partial charge in [0.15, 0.2) is 0 Å². The second kappa shape index (κ2) is 4.84. The predicted octanol–water partition coefficient (Wildman–Crippen LogP) is 1.56. The van der Waals surface area contributed by atoms with Crippen molar-refractivity contribution < 1.29 is 9.63 Å². The van der Waals surface area contributed by atoms with Crippen LogP contribution in [0.4, 0.5) is 10.5 Å². The van der Waals surface area contributed by atoms with Gasteiger partial charge in [0.25, 0.3) is 0 Å². The molecule has 1 aromatic carbocycles. The average molecular weight is 191 g/mol. The number of nitrogens with zero attached hydrogens (tertiary/aromatic N) is 2. The third kappa shape index (κ3) is 2.47. The van der Waals surface area contributed by atoms with E-state index in [1.165, 1.54) is 7.11 Å². The van der Waals surface area contributed by atoms with Crippen LogP contribution < -0.4 is 5.32 Å². The summed E-state index contributed by atoms with van der Waals surface area (Å²) in [7, 11) is 1.24. The summed E-state index contributed by atoms with van der Waals surface area (Å²) in [4.78, 5) is 15.7. The van der Waals surface area contributed by atoms with Gasteiger partial charge in [-0.15, -0.1) is 0 Å². The fourth-order valence-corrected chi connectivity index (χ4v) is 0.865. The van der Waals surface area contributed by atoms with Gasteiger partial charge < -0.3 is 5.32 Å². The van der Waals surface area contributed by atoms with Crippen molar-refractivity contribution in [1.29, 1.82) is 5.26 Å². The predicted molar refractivity (Wildman–Crippen MR) is 49.9 cm³/mol. The first-order valence-electron chi connectivity index (χ1n) is 3.88. The Labute approximate surface area is 81.5 Å². The van der Waals surface area contributed by atoms with Crippen molar-refractivity contribution in [2.24, 2.45) is 0 Å². The Hall–Kier alpha value is -2.06. The highest BCUT2D eigenvalue weighted by Gasteiger charge is 2.11. The summed E-state index contributed by atoms with van der Waals surface area (Å²) >= 11 is 0. The number of nitrogens with one attached hydrogen (secondary N) is 1. The average Bonchev–Trinajstić information content (AvgIpc) is 2.21. The van der Waals surface area contributed by atoms with Crippen molar-refractivity contribution in [1.82, 2.24) is 5.06 Å². The fourth-order valence-electron chi connectivity index (χ4n) is 0.865. The third-order valence-corrected chi connectivity index (χ3v) is 1.48. The zero-order valence-corrected chi connectivity index (χ0v) is 7.60. The number of benzene rings is 1. The van der Waals surface area contributed by atoms with Gasteiger partial charge in [-0.25, -0.2) is 4.79 Å². The smallest absolute Gasteiger partial charge is 0.305 e. The molecule has 0 radical (unpaired) electrons. The molecule has 0 aliphatic carbocycles. The highest BCUT2D eigenvalue weighted by atomic mass is 16.7. The molecule has 1 N–H and O–H groups in total. The number of hydrogen-bond acceptors (Lipinski definition) is 3. The Morgan fingerprint density at radius 1 is 1.50 bits per heavy atom. The highest BCUT2D eigenvalue weighted by molar-refractivity contribution is 5.89. The SMILES string of the molecule is CON(C#N)C(=O)Nc1ccccc1. The van der Waals surface area contributed by atoms with E-state index < -0.39 is 6.03 Å². The van der Waals surface area contributed by atoms with Crippen molar-refractivity contribution >= 4 is 11.7 Å². The van der Waals surface area contributed by atoms with Gasteiger partial charge in [0, 0.05) is 5.69 Å². The third-order valence-electron chi connectivity index (χ3n) is 1.48. The number of amides is 2. The van der Waals surface area contributed by atoms with Gasteiger partial charge in [0.05, 0.1) is 7.11 Å². The van der Waals surface area contributed by atoms with Crippen molar-refractivity contribution in [3.8, 4) is 6.19 Å². The lowest BCUT2D eigenvalue weighted by molar-refractivity contribution is -0.0323. The zero-order valence-electron chi connectivity index (χ0n) is 7.60. The van der Waals surface area contributed by atoms with Crippen LogP contribution in [0.2, 0.25) is 0 Å². The molecule has 0 atom stereocenters. The summed E-state index contributed by atoms with van der Waals surface area (Å²) < 4.78 is 0. The van der Waals surface area contributed by atoms with E-state index in [1.54, 1.807) is 30.5 Å². The standard InChI is InChI=1S/C9H9N3O2/c1-14-12(7-10)9(13)11-8-5-3-2-4-6-8/h2-6H,1H3,(H,11,13). The normalized spacial score (nSPS) is 8.86. The molecule has 1 aromatic rings. The summed E-state index contributed by atoms with van der Waals surface area (Å²) in [5.41, 5.74) is 0.606. The lowest BCUT2D eigenvalue weighted by Gasteiger charge is -2.10. The monoisotopic (exact) mass is 191 g/mol. The maximum atomic E-state index is 11.2. The first kappa shape index (κ1) is 10.0. The molecule has 0 fully saturated rings. The Kier molecular flexibility index (Phi) is 3.47. The minimum absolute atomic E-state index is 0.549. The molecular weight excluding hydrogens is 182 g/mol. The Morgan fingerprint density at radius 2 is 2.14 bits per heavy atom. The van der Waals surface area contributed by atoms with Crippen LogP contribution in [0.15, 0.2) is 30.3 Å². The van der Waals surface area contributed by atoms with Gasteiger partial charge in [-0.2, -0.15) is 5.26 Å². The van der Waals surface area contributed by atoms with E-state index in [0.29, 0.717) is 10.8 Å². The maximum absolute atomic E-state index is 11.2. The van der Waals surface area contributed by atoms with Crippen LogP contribution in [-0.2, 0) is 4.84 Å². The summed E-state index contributed by atoms with van der Waals surface area (Å²) in [5.74, 6) is 0. The van der Waals surface area contributed by atoms with Crippen LogP contribution in [0, 0.1) is 11.5 Å². The van der Waals surface area contributed by atoms with Gasteiger partial charge in [-0.05, 0) is 12.1 Å². The van der Waals surface area contributed by atoms with Crippen LogP contribution in [0.5, 0.6) is 0 Å². The first-order valence-corrected chi connectivity index (χ1v) is 3.88. The fraction of sp³-hybridized carbons (Fsp3) is 0.111. The molecule has 0 saturated carbocycles. The Morgan fingerprint density at radius 3 is 2.64 bits per heavy atom. The first-order chi connectivity index (χ1) is 6.77. The molecule has 2 amide bonds. The molecule has 5 nitrogen and oxygen atoms in total. The van der Waals surface area contributed by atoms with E-state index in [0.717, 1.165) is 0 Å². The number of hydroxylamine groups is 2. The minimum Gasteiger partial charge on any atom is -0.305 e. The Balaban J connectivity index is 2.62. The van der Waals surface area contributed by atoms with Crippen LogP contribution in [-0.4, -0.2) is 18.2 Å². The van der Waals surface area contributed by atoms with Crippen molar-refractivity contribution in [3.05, 3.63) is 30.3 Å². The Bertz CT molecular complexity index is 345. The second-order valence-corrected chi connectivity index (χ2v) is 2.37. The van der Waals surface area contributed by atoms with E-state index >= 15 is 0 Å². The zero-order chi connectivity index (χ0) is 10.4. The number of carbonyl (C=O) groups is 1. The summed E-state index contributed by atoms with van der Waals surface area (Å²) in [6.45, 7) is 0. The molecule has 14 heavy (non-hydrogen) atoms. The van der Waals surface area contributed by atoms with Crippen LogP contribution in [0.1, 0.15) is 0 Å². The summed E-state index contributed by atoms with van der Waals surface area (Å²) in [5, 5.41) is 11.5. The molecule has 0 saturated heterocycles. The van der Waals surface area contributed by atoms with Crippen LogP contribution in [0.25, 0.3) is 0 Å². The molecule has 0 unspecified atom stereocenters. The molecule has 0 aromatic heterocycles. The molecule has 0 aliphatic rings. The number of rotatable bonds is 2. The van der Waals surface area contributed by atoms with Gasteiger partial charge >= 0.3 is 6.03 Å². The van der Waals surface area contributed by atoms with Crippen LogP contribution in [0.3, 0.4) is 0 Å². The van der Waals surface area contributed by atoms with E-state index in [2.05, 4.69) is 10.2 Å². The second-order valence-electron chi connectivity index (χ2n) is 2.37. The number of para-hydroxylation sites is 1. The van der Waals surface area contributed by atoms with Gasteiger partial charge in [0.1, 0.15) is 0 Å². The lowest BCUT2D eigenvalue weighted by Crippen LogP contribution is -2.29. The minimum atomic E-state index is -0.624. The molecule has 0 spiro atoms. The quantitative estimate of drug-likeness (QED) is 0.438. The van der Waals surface area contributed by atoms with E-state index in [-0.39, 0.29) is 0 Å². The van der Waals surface area contributed by atoms with Crippen molar-refractivity contribution in [2.75, 3.05) is 12.4 Å². The number of urea groups is 1. The van der Waals surface area contributed by atoms with Gasteiger partial charge in [0.2, 0.25) is 6.19 Å². The largest absolute Gasteiger partial charge is 0.360 e. The molecule has 0 aliphatic heterocycles. The number of nitriles is 1. The summed E-state index contributed by atoms with van der Waals surface area (Å²) in [6, 6.07) is 8.18. The topological polar surface area (TPSA) is 65.4 Å². The lowest BCUT2D eigenvalue weighted by atomic mass is 10.3. The van der Waals surface area contributed by atoms with E-state index in [4.69, 9.17) is 5.26 Å².